The van der Waals surface area contributed by atoms with E-state index in [0.717, 1.165) is 4.47 Å². The number of Topliss-reactive ketones (excluding diaryl/α,β-unsaturated/α-hetero) is 1. The molecule has 0 spiro atoms. The Balaban J connectivity index is 1.70. The molecular weight excluding hydrogens is 398 g/mol. The molecule has 2 aromatic carbocycles. The van der Waals surface area contributed by atoms with Crippen molar-refractivity contribution in [2.45, 2.75) is 32.3 Å². The second-order valence-electron chi connectivity index (χ2n) is 5.77. The first kappa shape index (κ1) is 19.8. The van der Waals surface area contributed by atoms with Crippen molar-refractivity contribution in [3.8, 4) is 0 Å². The number of ketones is 1. The van der Waals surface area contributed by atoms with Crippen molar-refractivity contribution >= 4 is 39.3 Å². The number of esters is 1. The molecule has 0 aromatic heterocycles. The zero-order chi connectivity index (χ0) is 18.9. The fraction of sp³-hybridized carbons (Fsp3) is 0.250. The number of benzene rings is 2. The maximum Gasteiger partial charge on any atom is 0.306 e. The number of nitrogens with one attached hydrogen (secondary N) is 1. The van der Waals surface area contributed by atoms with Crippen LogP contribution in [0.25, 0.3) is 0 Å². The van der Waals surface area contributed by atoms with Crippen molar-refractivity contribution < 1.29 is 19.1 Å². The summed E-state index contributed by atoms with van der Waals surface area (Å²) in [4.78, 5) is 35.9. The molecule has 2 rings (SSSR count). The normalized spacial score (nSPS) is 11.5. The Bertz CT molecular complexity index is 759. The smallest absolute Gasteiger partial charge is 0.306 e. The summed E-state index contributed by atoms with van der Waals surface area (Å²) in [6, 6.07) is 15.9. The third-order valence-corrected chi connectivity index (χ3v) is 4.18. The molecule has 0 aliphatic heterocycles. The molecule has 0 heterocycles. The molecule has 26 heavy (non-hydrogen) atoms. The van der Waals surface area contributed by atoms with Crippen molar-refractivity contribution in [1.29, 1.82) is 0 Å². The predicted octanol–water partition coefficient (Wildman–Crippen LogP) is 4.37. The van der Waals surface area contributed by atoms with Gasteiger partial charge in [-0.05, 0) is 37.6 Å². The van der Waals surface area contributed by atoms with E-state index in [-0.39, 0.29) is 24.5 Å². The lowest BCUT2D eigenvalue weighted by molar-refractivity contribution is -0.146. The van der Waals surface area contributed by atoms with Crippen molar-refractivity contribution in [1.82, 2.24) is 0 Å². The lowest BCUT2D eigenvalue weighted by Crippen LogP contribution is -2.24. The molecule has 0 fully saturated rings. The minimum atomic E-state index is -0.846. The van der Waals surface area contributed by atoms with Gasteiger partial charge in [0.2, 0.25) is 11.7 Å². The zero-order valence-electron chi connectivity index (χ0n) is 14.4. The number of carbonyl (C=O) groups is 3. The van der Waals surface area contributed by atoms with Crippen LogP contribution in [0.1, 0.15) is 36.5 Å². The molecule has 5 nitrogen and oxygen atoms in total. The highest BCUT2D eigenvalue weighted by Gasteiger charge is 2.19. The van der Waals surface area contributed by atoms with Gasteiger partial charge >= 0.3 is 5.97 Å². The Labute approximate surface area is 160 Å². The molecular formula is C20H20BrNO4. The van der Waals surface area contributed by atoms with Crippen LogP contribution < -0.4 is 5.32 Å². The third kappa shape index (κ3) is 6.44. The van der Waals surface area contributed by atoms with E-state index in [1.807, 2.05) is 18.2 Å². The molecule has 0 saturated heterocycles. The summed E-state index contributed by atoms with van der Waals surface area (Å²) in [5.74, 6) is -0.904. The van der Waals surface area contributed by atoms with Gasteiger partial charge in [-0.25, -0.2) is 0 Å². The quantitative estimate of drug-likeness (QED) is 0.511. The average Bonchev–Trinajstić information content (AvgIpc) is 2.63. The highest BCUT2D eigenvalue weighted by molar-refractivity contribution is 9.10. The van der Waals surface area contributed by atoms with Crippen molar-refractivity contribution in [2.75, 3.05) is 5.32 Å². The molecule has 1 atom stereocenters. The highest BCUT2D eigenvalue weighted by Crippen LogP contribution is 2.14. The van der Waals surface area contributed by atoms with Gasteiger partial charge in [-0.3, -0.25) is 14.4 Å². The van der Waals surface area contributed by atoms with Crippen LogP contribution in [-0.4, -0.2) is 23.8 Å². The van der Waals surface area contributed by atoms with Crippen LogP contribution in [0, 0.1) is 0 Å². The summed E-state index contributed by atoms with van der Waals surface area (Å²) in [5, 5.41) is 2.76. The molecule has 0 unspecified atom stereocenters. The monoisotopic (exact) mass is 417 g/mol. The molecule has 136 valence electrons. The van der Waals surface area contributed by atoms with E-state index in [1.165, 1.54) is 0 Å². The van der Waals surface area contributed by atoms with Crippen molar-refractivity contribution in [3.05, 3.63) is 64.6 Å². The van der Waals surface area contributed by atoms with Crippen LogP contribution >= 0.6 is 15.9 Å². The Kier molecular flexibility index (Phi) is 7.53. The van der Waals surface area contributed by atoms with E-state index in [0.29, 0.717) is 17.7 Å². The highest BCUT2D eigenvalue weighted by atomic mass is 79.9. The van der Waals surface area contributed by atoms with Gasteiger partial charge in [-0.15, -0.1) is 0 Å². The summed E-state index contributed by atoms with van der Waals surface area (Å²) >= 11 is 3.33. The number of carbonyl (C=O) groups excluding carboxylic acids is 3. The van der Waals surface area contributed by atoms with Gasteiger partial charge in [-0.2, -0.15) is 0 Å². The van der Waals surface area contributed by atoms with Gasteiger partial charge in [0.15, 0.2) is 6.10 Å². The number of anilines is 1. The Morgan fingerprint density at radius 3 is 2.31 bits per heavy atom. The van der Waals surface area contributed by atoms with Crippen molar-refractivity contribution in [2.24, 2.45) is 0 Å². The molecule has 0 saturated carbocycles. The summed E-state index contributed by atoms with van der Waals surface area (Å²) in [6.45, 7) is 1.55. The third-order valence-electron chi connectivity index (χ3n) is 3.65. The molecule has 0 aliphatic carbocycles. The van der Waals surface area contributed by atoms with Gasteiger partial charge in [0.25, 0.3) is 0 Å². The Morgan fingerprint density at radius 2 is 1.65 bits per heavy atom. The molecule has 1 amide bonds. The second kappa shape index (κ2) is 9.87. The number of amides is 1. The standard InChI is InChI=1S/C20H20BrNO4/c1-14(20(25)15-6-3-2-4-7-15)26-19(24)9-5-8-18(23)22-17-12-10-16(21)11-13-17/h2-4,6-7,10-14H,5,8-9H2,1H3,(H,22,23)/t14-/m0/s1. The zero-order valence-corrected chi connectivity index (χ0v) is 16.0. The fourth-order valence-electron chi connectivity index (χ4n) is 2.30. The molecule has 0 radical (unpaired) electrons. The first-order chi connectivity index (χ1) is 12.5. The predicted molar refractivity (Wildman–Crippen MR) is 103 cm³/mol. The lowest BCUT2D eigenvalue weighted by atomic mass is 10.1. The SMILES string of the molecule is C[C@H](OC(=O)CCCC(=O)Nc1ccc(Br)cc1)C(=O)c1ccccc1. The van der Waals surface area contributed by atoms with Crippen LogP contribution in [0.5, 0.6) is 0 Å². The van der Waals surface area contributed by atoms with Crippen LogP contribution in [0.15, 0.2) is 59.1 Å². The van der Waals surface area contributed by atoms with Crippen LogP contribution in [-0.2, 0) is 14.3 Å². The summed E-state index contributed by atoms with van der Waals surface area (Å²) in [6.07, 6.45) is -0.207. The number of halogens is 1. The van der Waals surface area contributed by atoms with E-state index in [4.69, 9.17) is 4.74 Å². The van der Waals surface area contributed by atoms with Crippen molar-refractivity contribution in [3.63, 3.8) is 0 Å². The number of rotatable bonds is 8. The topological polar surface area (TPSA) is 72.5 Å². The van der Waals surface area contributed by atoms with E-state index in [9.17, 15) is 14.4 Å². The summed E-state index contributed by atoms with van der Waals surface area (Å²) < 4.78 is 6.08. The minimum Gasteiger partial charge on any atom is -0.454 e. The average molecular weight is 418 g/mol. The van der Waals surface area contributed by atoms with E-state index >= 15 is 0 Å². The fourth-order valence-corrected chi connectivity index (χ4v) is 2.56. The van der Waals surface area contributed by atoms with Crippen LogP contribution in [0.3, 0.4) is 0 Å². The maximum absolute atomic E-state index is 12.1. The van der Waals surface area contributed by atoms with E-state index in [2.05, 4.69) is 21.2 Å². The number of hydrogen-bond acceptors (Lipinski definition) is 4. The molecule has 1 N–H and O–H groups in total. The van der Waals surface area contributed by atoms with Gasteiger partial charge in [0.05, 0.1) is 0 Å². The van der Waals surface area contributed by atoms with Crippen LogP contribution in [0.2, 0.25) is 0 Å². The van der Waals surface area contributed by atoms with Gasteiger partial charge < -0.3 is 10.1 Å². The molecule has 0 bridgehead atoms. The van der Waals surface area contributed by atoms with Gasteiger partial charge in [0, 0.05) is 28.6 Å². The Morgan fingerprint density at radius 1 is 1.00 bits per heavy atom. The lowest BCUT2D eigenvalue weighted by Gasteiger charge is -2.12. The molecule has 6 heteroatoms. The maximum atomic E-state index is 12.1. The largest absolute Gasteiger partial charge is 0.454 e. The molecule has 0 aliphatic rings. The summed E-state index contributed by atoms with van der Waals surface area (Å²) in [5.41, 5.74) is 1.20. The molecule has 2 aromatic rings. The van der Waals surface area contributed by atoms with Crippen LogP contribution in [0.4, 0.5) is 5.69 Å². The van der Waals surface area contributed by atoms with Gasteiger partial charge in [-0.1, -0.05) is 46.3 Å². The minimum absolute atomic E-state index is 0.0835. The van der Waals surface area contributed by atoms with E-state index in [1.54, 1.807) is 43.3 Å². The second-order valence-corrected chi connectivity index (χ2v) is 6.69. The van der Waals surface area contributed by atoms with Gasteiger partial charge in [0.1, 0.15) is 0 Å². The summed E-state index contributed by atoms with van der Waals surface area (Å²) in [7, 11) is 0. The first-order valence-corrected chi connectivity index (χ1v) is 9.09. The number of ether oxygens (including phenoxy) is 1. The number of hydrogen-bond donors (Lipinski definition) is 1. The Hall–Kier alpha value is -2.47. The first-order valence-electron chi connectivity index (χ1n) is 8.30. The van der Waals surface area contributed by atoms with E-state index < -0.39 is 12.1 Å².